The number of aromatic amines is 2. The molecular weight excluding hydrogens is 523 g/mol. The van der Waals surface area contributed by atoms with Crippen molar-refractivity contribution in [3.05, 3.63) is 64.2 Å². The van der Waals surface area contributed by atoms with Crippen LogP contribution in [0.25, 0.3) is 22.3 Å². The number of H-pyrrole nitrogens is 2. The van der Waals surface area contributed by atoms with E-state index in [0.29, 0.717) is 19.0 Å². The van der Waals surface area contributed by atoms with Crippen molar-refractivity contribution in [3.8, 4) is 17.0 Å². The second-order valence-electron chi connectivity index (χ2n) is 10.6. The van der Waals surface area contributed by atoms with E-state index in [9.17, 15) is 18.0 Å². The van der Waals surface area contributed by atoms with Gasteiger partial charge in [0.25, 0.3) is 5.56 Å². The van der Waals surface area contributed by atoms with Crippen molar-refractivity contribution in [2.24, 2.45) is 5.41 Å². The molecule has 1 aliphatic carbocycles. The SMILES string of the molecule is COc1ccc(CNC2CN(c3nc4[nH]nc(-c5cccnc5C(F)(F)F)c4c(=O)[nH]3)CCC23CCCC3)cc1. The van der Waals surface area contributed by atoms with Crippen molar-refractivity contribution >= 4 is 17.0 Å². The zero-order chi connectivity index (χ0) is 27.9. The molecular formula is C28H30F3N7O2. The zero-order valence-electron chi connectivity index (χ0n) is 22.0. The molecule has 1 unspecified atom stereocenters. The third-order valence-corrected chi connectivity index (χ3v) is 8.38. The lowest BCUT2D eigenvalue weighted by Gasteiger charge is -2.46. The normalized spacial score (nSPS) is 19.0. The lowest BCUT2D eigenvalue weighted by atomic mass is 9.73. The number of hydrogen-bond donors (Lipinski definition) is 3. The van der Waals surface area contributed by atoms with Crippen molar-refractivity contribution in [2.45, 2.75) is 50.9 Å². The summed E-state index contributed by atoms with van der Waals surface area (Å²) in [5.41, 5.74) is -0.584. The highest BCUT2D eigenvalue weighted by Crippen LogP contribution is 2.47. The molecule has 3 aromatic heterocycles. The molecule has 2 aliphatic rings. The maximum Gasteiger partial charge on any atom is 0.434 e. The van der Waals surface area contributed by atoms with E-state index in [1.165, 1.54) is 25.0 Å². The molecule has 0 radical (unpaired) electrons. The van der Waals surface area contributed by atoms with Gasteiger partial charge >= 0.3 is 6.18 Å². The van der Waals surface area contributed by atoms with Crippen LogP contribution in [-0.2, 0) is 12.7 Å². The average molecular weight is 554 g/mol. The molecule has 1 saturated heterocycles. The van der Waals surface area contributed by atoms with Crippen LogP contribution < -0.4 is 20.5 Å². The van der Waals surface area contributed by atoms with E-state index in [1.54, 1.807) is 7.11 Å². The minimum absolute atomic E-state index is 0.0271. The number of nitrogens with one attached hydrogen (secondary N) is 3. The number of pyridine rings is 1. The molecule has 3 N–H and O–H groups in total. The molecule has 1 saturated carbocycles. The van der Waals surface area contributed by atoms with Gasteiger partial charge in [-0.3, -0.25) is 19.9 Å². The van der Waals surface area contributed by atoms with Gasteiger partial charge in [-0.2, -0.15) is 23.3 Å². The molecule has 1 atom stereocenters. The fourth-order valence-electron chi connectivity index (χ4n) is 6.27. The van der Waals surface area contributed by atoms with Crippen LogP contribution in [0.15, 0.2) is 47.4 Å². The van der Waals surface area contributed by atoms with Gasteiger partial charge in [0, 0.05) is 37.4 Å². The molecule has 1 spiro atoms. The molecule has 4 aromatic rings. The number of piperidine rings is 1. The number of hydrogen-bond acceptors (Lipinski definition) is 7. The third kappa shape index (κ3) is 4.80. The predicted octanol–water partition coefficient (Wildman–Crippen LogP) is 4.66. The quantitative estimate of drug-likeness (QED) is 0.318. The Hall–Kier alpha value is -3.93. The first-order valence-electron chi connectivity index (χ1n) is 13.4. The Labute approximate surface area is 228 Å². The lowest BCUT2D eigenvalue weighted by molar-refractivity contribution is -0.140. The summed E-state index contributed by atoms with van der Waals surface area (Å²) in [7, 11) is 1.64. The van der Waals surface area contributed by atoms with Crippen LogP contribution >= 0.6 is 0 Å². The number of rotatable bonds is 6. The Morgan fingerprint density at radius 2 is 1.93 bits per heavy atom. The Bertz CT molecular complexity index is 1560. The number of methoxy groups -OCH3 is 1. The minimum atomic E-state index is -4.69. The highest BCUT2D eigenvalue weighted by atomic mass is 19.4. The molecule has 12 heteroatoms. The Kier molecular flexibility index (Phi) is 6.73. The van der Waals surface area contributed by atoms with Crippen molar-refractivity contribution < 1.29 is 17.9 Å². The van der Waals surface area contributed by atoms with E-state index in [4.69, 9.17) is 4.74 Å². The molecule has 1 aliphatic heterocycles. The second kappa shape index (κ2) is 10.2. The van der Waals surface area contributed by atoms with Crippen LogP contribution in [0.4, 0.5) is 19.1 Å². The molecule has 0 amide bonds. The van der Waals surface area contributed by atoms with Crippen LogP contribution in [0.3, 0.4) is 0 Å². The summed E-state index contributed by atoms with van der Waals surface area (Å²) in [6, 6.07) is 10.8. The maximum absolute atomic E-state index is 13.6. The standard InChI is InChI=1S/C28H30F3N7O2/c1-40-18-8-6-17(7-9-18)15-33-20-16-38(14-12-27(20)10-2-3-11-27)26-34-24-21(25(39)35-26)22(36-37-24)19-5-4-13-32-23(19)28(29,30)31/h4-9,13,20,33H,2-3,10-12,14-16H2,1H3,(H2,34,35,36,37,39). The number of aromatic nitrogens is 5. The molecule has 6 rings (SSSR count). The first-order valence-corrected chi connectivity index (χ1v) is 13.4. The summed E-state index contributed by atoms with van der Waals surface area (Å²) in [6.45, 7) is 2.06. The molecule has 4 heterocycles. The van der Waals surface area contributed by atoms with Crippen molar-refractivity contribution in [3.63, 3.8) is 0 Å². The number of ether oxygens (including phenoxy) is 1. The zero-order valence-corrected chi connectivity index (χ0v) is 22.0. The highest BCUT2D eigenvalue weighted by Gasteiger charge is 2.45. The van der Waals surface area contributed by atoms with Gasteiger partial charge in [-0.1, -0.05) is 25.0 Å². The Morgan fingerprint density at radius 3 is 2.65 bits per heavy atom. The van der Waals surface area contributed by atoms with E-state index in [0.717, 1.165) is 43.3 Å². The molecule has 9 nitrogen and oxygen atoms in total. The Balaban J connectivity index is 1.28. The van der Waals surface area contributed by atoms with E-state index < -0.39 is 17.4 Å². The number of fused-ring (bicyclic) bond motifs is 1. The molecule has 210 valence electrons. The monoisotopic (exact) mass is 553 g/mol. The minimum Gasteiger partial charge on any atom is -0.497 e. The van der Waals surface area contributed by atoms with Gasteiger partial charge in [-0.15, -0.1) is 0 Å². The van der Waals surface area contributed by atoms with Gasteiger partial charge in [0.05, 0.1) is 7.11 Å². The van der Waals surface area contributed by atoms with Crippen molar-refractivity contribution in [1.82, 2.24) is 30.5 Å². The van der Waals surface area contributed by atoms with E-state index in [2.05, 4.69) is 30.5 Å². The summed E-state index contributed by atoms with van der Waals surface area (Å²) in [4.78, 5) is 26.2. The Morgan fingerprint density at radius 1 is 1.15 bits per heavy atom. The number of halogens is 3. The van der Waals surface area contributed by atoms with Crippen molar-refractivity contribution in [1.29, 1.82) is 0 Å². The summed E-state index contributed by atoms with van der Waals surface area (Å²) in [5, 5.41) is 10.5. The van der Waals surface area contributed by atoms with Gasteiger partial charge in [0.2, 0.25) is 5.95 Å². The predicted molar refractivity (Wildman–Crippen MR) is 144 cm³/mol. The summed E-state index contributed by atoms with van der Waals surface area (Å²) < 4.78 is 46.1. The van der Waals surface area contributed by atoms with Gasteiger partial charge in [0.15, 0.2) is 11.3 Å². The third-order valence-electron chi connectivity index (χ3n) is 8.38. The fourth-order valence-corrected chi connectivity index (χ4v) is 6.27. The highest BCUT2D eigenvalue weighted by molar-refractivity contribution is 5.91. The van der Waals surface area contributed by atoms with Gasteiger partial charge < -0.3 is 15.0 Å². The summed E-state index contributed by atoms with van der Waals surface area (Å²) in [6.07, 6.45) is 2.03. The van der Waals surface area contributed by atoms with Gasteiger partial charge in [-0.05, 0) is 54.5 Å². The first kappa shape index (κ1) is 26.3. The molecule has 0 bridgehead atoms. The van der Waals surface area contributed by atoms with Crippen LogP contribution in [0.5, 0.6) is 5.75 Å². The summed E-state index contributed by atoms with van der Waals surface area (Å²) in [5.74, 6) is 1.18. The fraction of sp³-hybridized carbons (Fsp3) is 0.429. The van der Waals surface area contributed by atoms with Crippen LogP contribution in [-0.4, -0.2) is 51.4 Å². The second-order valence-corrected chi connectivity index (χ2v) is 10.6. The van der Waals surface area contributed by atoms with Crippen molar-refractivity contribution in [2.75, 3.05) is 25.1 Å². The largest absolute Gasteiger partial charge is 0.497 e. The number of nitrogens with zero attached hydrogens (tertiary/aromatic N) is 4. The molecule has 40 heavy (non-hydrogen) atoms. The van der Waals surface area contributed by atoms with Crippen LogP contribution in [0, 0.1) is 5.41 Å². The summed E-state index contributed by atoms with van der Waals surface area (Å²) >= 11 is 0. The van der Waals surface area contributed by atoms with Gasteiger partial charge in [-0.25, -0.2) is 0 Å². The van der Waals surface area contributed by atoms with E-state index >= 15 is 0 Å². The average Bonchev–Trinajstić information content (AvgIpc) is 3.61. The van der Waals surface area contributed by atoms with E-state index in [1.807, 2.05) is 29.2 Å². The maximum atomic E-state index is 13.6. The van der Waals surface area contributed by atoms with Crippen LogP contribution in [0.2, 0.25) is 0 Å². The molecule has 1 aromatic carbocycles. The van der Waals surface area contributed by atoms with E-state index in [-0.39, 0.29) is 33.7 Å². The number of anilines is 1. The smallest absolute Gasteiger partial charge is 0.434 e. The topological polar surface area (TPSA) is 112 Å². The van der Waals surface area contributed by atoms with Crippen LogP contribution in [0.1, 0.15) is 43.4 Å². The number of benzene rings is 1. The molecule has 2 fully saturated rings. The lowest BCUT2D eigenvalue weighted by Crippen LogP contribution is -2.56. The van der Waals surface area contributed by atoms with Gasteiger partial charge in [0.1, 0.15) is 16.8 Å². The first-order chi connectivity index (χ1) is 19.3. The number of alkyl halides is 3.